The molecule has 1 aliphatic heterocycles. The third-order valence-corrected chi connectivity index (χ3v) is 6.14. The van der Waals surface area contributed by atoms with Crippen molar-refractivity contribution in [2.45, 2.75) is 31.7 Å². The number of fused-ring (bicyclic) bond motifs is 1. The van der Waals surface area contributed by atoms with E-state index in [9.17, 15) is 9.65 Å². The standard InChI is InChI=1S/C26H23FN6O/c1-18-15-32(17-29-18)22-10-4-19(14-23(22)34-2)5-11-24-30-25-26(16-28,12-3-13-33(25)31-24)20-6-8-21(27)9-7-20/h4-11,14-15,17H,3,12-13H2,1-2H3/b11-5+/t26-/m1/s1. The molecule has 5 rings (SSSR count). The molecular weight excluding hydrogens is 431 g/mol. The summed E-state index contributed by atoms with van der Waals surface area (Å²) in [6.45, 7) is 2.63. The van der Waals surface area contributed by atoms with Crippen LogP contribution in [0.2, 0.25) is 0 Å². The first-order valence-corrected chi connectivity index (χ1v) is 11.0. The van der Waals surface area contributed by atoms with Gasteiger partial charge in [-0.1, -0.05) is 24.3 Å². The third kappa shape index (κ3) is 3.75. The van der Waals surface area contributed by atoms with E-state index >= 15 is 0 Å². The van der Waals surface area contributed by atoms with Crippen molar-refractivity contribution in [3.05, 3.63) is 89.3 Å². The minimum Gasteiger partial charge on any atom is -0.495 e. The Hall–Kier alpha value is -4.25. The summed E-state index contributed by atoms with van der Waals surface area (Å²) in [4.78, 5) is 8.98. The zero-order valence-corrected chi connectivity index (χ0v) is 18.9. The lowest BCUT2D eigenvalue weighted by molar-refractivity contribution is 0.392. The van der Waals surface area contributed by atoms with Crippen LogP contribution in [0, 0.1) is 24.1 Å². The van der Waals surface area contributed by atoms with E-state index in [0.29, 0.717) is 24.6 Å². The molecule has 2 aromatic heterocycles. The van der Waals surface area contributed by atoms with Crippen LogP contribution in [0.4, 0.5) is 4.39 Å². The maximum Gasteiger partial charge on any atom is 0.174 e. The SMILES string of the molecule is COc1cc(/C=C/c2nc3n(n2)CCC[C@@]3(C#N)c2ccc(F)cc2)ccc1-n1cnc(C)c1. The first kappa shape index (κ1) is 21.6. The van der Waals surface area contributed by atoms with E-state index in [2.05, 4.69) is 16.2 Å². The quantitative estimate of drug-likeness (QED) is 0.437. The second kappa shape index (κ2) is 8.60. The summed E-state index contributed by atoms with van der Waals surface area (Å²) >= 11 is 0. The Kier molecular flexibility index (Phi) is 5.46. The van der Waals surface area contributed by atoms with E-state index in [0.717, 1.165) is 34.7 Å². The number of ether oxygens (including phenoxy) is 1. The van der Waals surface area contributed by atoms with Crippen molar-refractivity contribution in [2.75, 3.05) is 7.11 Å². The topological polar surface area (TPSA) is 81.5 Å². The fraction of sp³-hybridized carbons (Fsp3) is 0.231. The van der Waals surface area contributed by atoms with Gasteiger partial charge in [-0.15, -0.1) is 0 Å². The predicted octanol–water partition coefficient (Wildman–Crippen LogP) is 4.69. The first-order chi connectivity index (χ1) is 16.5. The Balaban J connectivity index is 1.46. The Morgan fingerprint density at radius 1 is 1.18 bits per heavy atom. The van der Waals surface area contributed by atoms with E-state index in [1.165, 1.54) is 12.1 Å². The molecule has 0 unspecified atom stereocenters. The molecule has 0 radical (unpaired) electrons. The van der Waals surface area contributed by atoms with Crippen LogP contribution >= 0.6 is 0 Å². The number of aromatic nitrogens is 5. The molecule has 0 fully saturated rings. The van der Waals surface area contributed by atoms with Crippen molar-refractivity contribution in [2.24, 2.45) is 0 Å². The number of halogens is 1. The van der Waals surface area contributed by atoms with Crippen molar-refractivity contribution < 1.29 is 9.13 Å². The lowest BCUT2D eigenvalue weighted by atomic mass is 9.75. The van der Waals surface area contributed by atoms with E-state index in [4.69, 9.17) is 9.72 Å². The molecule has 4 aromatic rings. The average molecular weight is 455 g/mol. The lowest BCUT2D eigenvalue weighted by Gasteiger charge is -2.30. The van der Waals surface area contributed by atoms with Gasteiger partial charge in [0.1, 0.15) is 17.0 Å². The van der Waals surface area contributed by atoms with Gasteiger partial charge in [0.2, 0.25) is 0 Å². The van der Waals surface area contributed by atoms with Crippen LogP contribution in [-0.4, -0.2) is 31.4 Å². The Labute approximate surface area is 196 Å². The van der Waals surface area contributed by atoms with Gasteiger partial charge in [-0.2, -0.15) is 10.4 Å². The molecule has 0 amide bonds. The largest absolute Gasteiger partial charge is 0.495 e. The fourth-order valence-electron chi connectivity index (χ4n) is 4.42. The molecule has 3 heterocycles. The van der Waals surface area contributed by atoms with Gasteiger partial charge in [-0.25, -0.2) is 19.0 Å². The summed E-state index contributed by atoms with van der Waals surface area (Å²) < 4.78 is 22.8. The van der Waals surface area contributed by atoms with Gasteiger partial charge >= 0.3 is 0 Å². The minimum absolute atomic E-state index is 0.331. The van der Waals surface area contributed by atoms with Gasteiger partial charge in [-0.05, 0) is 61.2 Å². The molecule has 0 saturated carbocycles. The molecule has 0 spiro atoms. The molecule has 34 heavy (non-hydrogen) atoms. The zero-order valence-electron chi connectivity index (χ0n) is 18.9. The normalized spacial score (nSPS) is 17.5. The highest BCUT2D eigenvalue weighted by Gasteiger charge is 2.42. The number of nitriles is 1. The Morgan fingerprint density at radius 3 is 2.71 bits per heavy atom. The molecular formula is C26H23FN6O. The first-order valence-electron chi connectivity index (χ1n) is 11.0. The second-order valence-corrected chi connectivity index (χ2v) is 8.33. The maximum absolute atomic E-state index is 13.5. The van der Waals surface area contributed by atoms with Crippen molar-refractivity contribution in [3.63, 3.8) is 0 Å². The molecule has 0 bridgehead atoms. The van der Waals surface area contributed by atoms with E-state index in [1.807, 2.05) is 48.0 Å². The second-order valence-electron chi connectivity index (χ2n) is 8.33. The highest BCUT2D eigenvalue weighted by atomic mass is 19.1. The molecule has 1 aliphatic rings. The molecule has 8 heteroatoms. The molecule has 1 atom stereocenters. The van der Waals surface area contributed by atoms with Gasteiger partial charge < -0.3 is 9.30 Å². The third-order valence-electron chi connectivity index (χ3n) is 6.14. The number of benzene rings is 2. The van der Waals surface area contributed by atoms with Gasteiger partial charge in [-0.3, -0.25) is 0 Å². The lowest BCUT2D eigenvalue weighted by Crippen LogP contribution is -2.34. The molecule has 7 nitrogen and oxygen atoms in total. The number of nitrogens with zero attached hydrogens (tertiary/aromatic N) is 6. The summed E-state index contributed by atoms with van der Waals surface area (Å²) in [5.74, 6) is 1.50. The molecule has 0 saturated heterocycles. The fourth-order valence-corrected chi connectivity index (χ4v) is 4.42. The van der Waals surface area contributed by atoms with Crippen molar-refractivity contribution in [1.29, 1.82) is 5.26 Å². The molecule has 2 aromatic carbocycles. The van der Waals surface area contributed by atoms with Crippen LogP contribution < -0.4 is 4.74 Å². The van der Waals surface area contributed by atoms with Crippen LogP contribution in [0.1, 0.15) is 41.3 Å². The Bertz CT molecular complexity index is 1410. The van der Waals surface area contributed by atoms with Gasteiger partial charge in [0.15, 0.2) is 11.6 Å². The monoisotopic (exact) mass is 454 g/mol. The maximum atomic E-state index is 13.5. The molecule has 170 valence electrons. The summed E-state index contributed by atoms with van der Waals surface area (Å²) in [6, 6.07) is 14.4. The van der Waals surface area contributed by atoms with E-state index in [-0.39, 0.29) is 5.82 Å². The number of rotatable bonds is 5. The number of hydrogen-bond acceptors (Lipinski definition) is 5. The van der Waals surface area contributed by atoms with Gasteiger partial charge in [0.05, 0.1) is 30.9 Å². The van der Waals surface area contributed by atoms with Crippen LogP contribution in [-0.2, 0) is 12.0 Å². The average Bonchev–Trinajstić information content (AvgIpc) is 3.49. The summed E-state index contributed by atoms with van der Waals surface area (Å²) in [5, 5.41) is 14.8. The molecule has 0 aliphatic carbocycles. The summed E-state index contributed by atoms with van der Waals surface area (Å²) in [7, 11) is 1.64. The van der Waals surface area contributed by atoms with E-state index in [1.54, 1.807) is 30.3 Å². The number of aryl methyl sites for hydroxylation is 2. The summed E-state index contributed by atoms with van der Waals surface area (Å²) in [6.07, 6.45) is 8.84. The van der Waals surface area contributed by atoms with Crippen molar-refractivity contribution >= 4 is 12.2 Å². The van der Waals surface area contributed by atoms with Crippen LogP contribution in [0.15, 0.2) is 55.0 Å². The van der Waals surface area contributed by atoms with Crippen LogP contribution in [0.5, 0.6) is 5.75 Å². The number of methoxy groups -OCH3 is 1. The predicted molar refractivity (Wildman–Crippen MR) is 126 cm³/mol. The number of hydrogen-bond donors (Lipinski definition) is 0. The minimum atomic E-state index is -0.946. The summed E-state index contributed by atoms with van der Waals surface area (Å²) in [5.41, 5.74) is 2.54. The Morgan fingerprint density at radius 2 is 2.00 bits per heavy atom. The van der Waals surface area contributed by atoms with E-state index < -0.39 is 5.41 Å². The van der Waals surface area contributed by atoms with Gasteiger partial charge in [0, 0.05) is 12.7 Å². The number of imidazole rings is 1. The van der Waals surface area contributed by atoms with Crippen LogP contribution in [0.3, 0.4) is 0 Å². The highest BCUT2D eigenvalue weighted by molar-refractivity contribution is 5.69. The van der Waals surface area contributed by atoms with Crippen molar-refractivity contribution in [3.8, 4) is 17.5 Å². The highest BCUT2D eigenvalue weighted by Crippen LogP contribution is 2.38. The van der Waals surface area contributed by atoms with Gasteiger partial charge in [0.25, 0.3) is 0 Å². The smallest absolute Gasteiger partial charge is 0.174 e. The zero-order chi connectivity index (χ0) is 23.7. The molecule has 0 N–H and O–H groups in total. The van der Waals surface area contributed by atoms with Crippen LogP contribution in [0.25, 0.3) is 17.8 Å². The van der Waals surface area contributed by atoms with Crippen molar-refractivity contribution in [1.82, 2.24) is 24.3 Å².